The molecule has 2 rings (SSSR count). The van der Waals surface area contributed by atoms with Gasteiger partial charge < -0.3 is 4.43 Å². The van der Waals surface area contributed by atoms with Crippen molar-refractivity contribution >= 4 is 34.5 Å². The highest BCUT2D eigenvalue weighted by Crippen LogP contribution is 2.20. The summed E-state index contributed by atoms with van der Waals surface area (Å²) in [5.74, 6) is 0. The van der Waals surface area contributed by atoms with Gasteiger partial charge in [0.1, 0.15) is 0 Å². The zero-order valence-corrected chi connectivity index (χ0v) is 18.1. The van der Waals surface area contributed by atoms with E-state index in [2.05, 4.69) is 82.1 Å². The Bertz CT molecular complexity index is 641. The van der Waals surface area contributed by atoms with E-state index in [0.29, 0.717) is 6.10 Å². The van der Waals surface area contributed by atoms with E-state index in [1.54, 1.807) is 0 Å². The van der Waals surface area contributed by atoms with Crippen LogP contribution in [0.15, 0.2) is 55.1 Å². The lowest BCUT2D eigenvalue weighted by Crippen LogP contribution is -2.23. The first-order valence-corrected chi connectivity index (χ1v) is 13.2. The van der Waals surface area contributed by atoms with E-state index in [-0.39, 0.29) is 0 Å². The fourth-order valence-electron chi connectivity index (χ4n) is 2.78. The van der Waals surface area contributed by atoms with Crippen LogP contribution in [0.2, 0.25) is 13.1 Å². The number of hydrogen-bond donors (Lipinski definition) is 0. The summed E-state index contributed by atoms with van der Waals surface area (Å²) < 4.78 is 6.07. The third kappa shape index (κ3) is 5.03. The SMILES string of the molecule is C=C(c1ccc([SiH2]OC(CC)CC)cc1)c1ccc([SiH](C)C)cc1. The van der Waals surface area contributed by atoms with Gasteiger partial charge in [-0.15, -0.1) is 0 Å². The highest BCUT2D eigenvalue weighted by Gasteiger charge is 2.07. The van der Waals surface area contributed by atoms with E-state index in [1.807, 2.05) is 0 Å². The second-order valence-corrected chi connectivity index (χ2v) is 11.1. The van der Waals surface area contributed by atoms with Crippen molar-refractivity contribution in [2.75, 3.05) is 0 Å². The molecule has 0 bridgehead atoms. The predicted octanol–water partition coefficient (Wildman–Crippen LogP) is 3.36. The van der Waals surface area contributed by atoms with E-state index in [9.17, 15) is 0 Å². The summed E-state index contributed by atoms with van der Waals surface area (Å²) in [6.07, 6.45) is 2.63. The topological polar surface area (TPSA) is 9.23 Å². The fraction of sp³-hybridized carbons (Fsp3) is 0.333. The molecule has 0 radical (unpaired) electrons. The molecule has 24 heavy (non-hydrogen) atoms. The molecular formula is C21H30OSi2. The number of hydrogen-bond acceptors (Lipinski definition) is 1. The van der Waals surface area contributed by atoms with Gasteiger partial charge in [-0.2, -0.15) is 0 Å². The van der Waals surface area contributed by atoms with E-state index < -0.39 is 18.6 Å². The molecular weight excluding hydrogens is 324 g/mol. The first-order valence-electron chi connectivity index (χ1n) is 9.05. The van der Waals surface area contributed by atoms with Crippen molar-refractivity contribution in [1.29, 1.82) is 0 Å². The molecule has 2 aromatic carbocycles. The van der Waals surface area contributed by atoms with Crippen molar-refractivity contribution in [3.8, 4) is 0 Å². The summed E-state index contributed by atoms with van der Waals surface area (Å²) in [6, 6.07) is 17.8. The molecule has 2 aromatic rings. The monoisotopic (exact) mass is 354 g/mol. The minimum absolute atomic E-state index is 0.425. The minimum atomic E-state index is -0.723. The maximum Gasteiger partial charge on any atom is 0.192 e. The molecule has 0 aliphatic heterocycles. The summed E-state index contributed by atoms with van der Waals surface area (Å²) in [6.45, 7) is 13.4. The maximum atomic E-state index is 6.07. The van der Waals surface area contributed by atoms with Crippen molar-refractivity contribution in [2.45, 2.75) is 45.9 Å². The molecule has 0 fully saturated rings. The number of rotatable bonds is 8. The zero-order chi connectivity index (χ0) is 17.5. The second-order valence-electron chi connectivity index (χ2n) is 6.70. The van der Waals surface area contributed by atoms with Crippen molar-refractivity contribution in [1.82, 2.24) is 0 Å². The summed E-state index contributed by atoms with van der Waals surface area (Å²) in [5, 5.41) is 2.87. The van der Waals surface area contributed by atoms with Crippen LogP contribution in [0.4, 0.5) is 0 Å². The quantitative estimate of drug-likeness (QED) is 0.661. The maximum absolute atomic E-state index is 6.07. The van der Waals surface area contributed by atoms with Gasteiger partial charge >= 0.3 is 0 Å². The van der Waals surface area contributed by atoms with Gasteiger partial charge in [-0.05, 0) is 34.7 Å². The van der Waals surface area contributed by atoms with E-state index >= 15 is 0 Å². The molecule has 0 heterocycles. The van der Waals surface area contributed by atoms with Gasteiger partial charge in [0.25, 0.3) is 0 Å². The Hall–Kier alpha value is -1.43. The van der Waals surface area contributed by atoms with Crippen LogP contribution in [0, 0.1) is 0 Å². The molecule has 0 unspecified atom stereocenters. The molecule has 0 saturated heterocycles. The molecule has 1 nitrogen and oxygen atoms in total. The Balaban J connectivity index is 2.03. The van der Waals surface area contributed by atoms with Crippen molar-refractivity contribution < 1.29 is 4.43 Å². The van der Waals surface area contributed by atoms with Gasteiger partial charge in [0.05, 0.1) is 8.80 Å². The van der Waals surface area contributed by atoms with E-state index in [4.69, 9.17) is 4.43 Å². The van der Waals surface area contributed by atoms with Gasteiger partial charge in [0, 0.05) is 6.10 Å². The molecule has 0 spiro atoms. The smallest absolute Gasteiger partial charge is 0.192 e. The lowest BCUT2D eigenvalue weighted by molar-refractivity contribution is 0.206. The van der Waals surface area contributed by atoms with Crippen LogP contribution in [0.5, 0.6) is 0 Å². The first kappa shape index (κ1) is 18.9. The summed E-state index contributed by atoms with van der Waals surface area (Å²) in [5.41, 5.74) is 3.51. The Kier molecular flexibility index (Phi) is 7.22. The summed E-state index contributed by atoms with van der Waals surface area (Å²) in [7, 11) is -1.35. The standard InChI is InChI=1S/C21H30OSi2/c1-6-19(7-2)22-23-20-12-8-17(9-13-20)16(3)18-10-14-21(15-11-18)24(4)5/h8-15,19,24H,3,6-7,23H2,1-2,4-5H3. The number of benzene rings is 2. The fourth-order valence-corrected chi connectivity index (χ4v) is 5.07. The van der Waals surface area contributed by atoms with Gasteiger partial charge in [-0.25, -0.2) is 0 Å². The van der Waals surface area contributed by atoms with Gasteiger partial charge in [-0.1, -0.05) is 87.2 Å². The lowest BCUT2D eigenvalue weighted by Gasteiger charge is -2.14. The molecule has 128 valence electrons. The average molecular weight is 355 g/mol. The van der Waals surface area contributed by atoms with Crippen LogP contribution in [0.3, 0.4) is 0 Å². The molecule has 0 aromatic heterocycles. The molecule has 3 heteroatoms. The summed E-state index contributed by atoms with van der Waals surface area (Å²) >= 11 is 0. The van der Waals surface area contributed by atoms with Crippen LogP contribution in [-0.4, -0.2) is 24.7 Å². The average Bonchev–Trinajstić information content (AvgIpc) is 2.62. The molecule has 0 atom stereocenters. The Morgan fingerprint density at radius 1 is 0.958 bits per heavy atom. The van der Waals surface area contributed by atoms with Crippen molar-refractivity contribution in [3.63, 3.8) is 0 Å². The third-order valence-electron chi connectivity index (χ3n) is 4.62. The molecule has 0 aliphatic rings. The Morgan fingerprint density at radius 3 is 1.92 bits per heavy atom. The molecule has 0 saturated carbocycles. The van der Waals surface area contributed by atoms with Crippen LogP contribution < -0.4 is 10.4 Å². The van der Waals surface area contributed by atoms with Crippen LogP contribution in [0.1, 0.15) is 37.8 Å². The van der Waals surface area contributed by atoms with Crippen molar-refractivity contribution in [3.05, 3.63) is 66.2 Å². The molecule has 0 amide bonds. The molecule has 0 N–H and O–H groups in total. The van der Waals surface area contributed by atoms with Crippen LogP contribution in [0.25, 0.3) is 5.57 Å². The van der Waals surface area contributed by atoms with Crippen molar-refractivity contribution in [2.24, 2.45) is 0 Å². The normalized spacial score (nSPS) is 11.8. The largest absolute Gasteiger partial charge is 0.416 e. The highest BCUT2D eigenvalue weighted by molar-refractivity contribution is 6.70. The van der Waals surface area contributed by atoms with Crippen LogP contribution in [-0.2, 0) is 4.43 Å². The van der Waals surface area contributed by atoms with Gasteiger partial charge in [0.15, 0.2) is 9.76 Å². The lowest BCUT2D eigenvalue weighted by atomic mass is 10.00. The Labute approximate surface area is 151 Å². The third-order valence-corrected chi connectivity index (χ3v) is 7.79. The van der Waals surface area contributed by atoms with E-state index in [1.165, 1.54) is 21.5 Å². The van der Waals surface area contributed by atoms with E-state index in [0.717, 1.165) is 18.4 Å². The predicted molar refractivity (Wildman–Crippen MR) is 113 cm³/mol. The summed E-state index contributed by atoms with van der Waals surface area (Å²) in [4.78, 5) is 0. The molecule has 0 aliphatic carbocycles. The van der Waals surface area contributed by atoms with Crippen LogP contribution >= 0.6 is 0 Å². The van der Waals surface area contributed by atoms with Gasteiger partial charge in [-0.3, -0.25) is 0 Å². The highest BCUT2D eigenvalue weighted by atomic mass is 28.3. The second kappa shape index (κ2) is 9.16. The Morgan fingerprint density at radius 2 is 1.46 bits per heavy atom. The van der Waals surface area contributed by atoms with Gasteiger partial charge in [0.2, 0.25) is 0 Å². The minimum Gasteiger partial charge on any atom is -0.416 e. The first-order chi connectivity index (χ1) is 11.5. The zero-order valence-electron chi connectivity index (χ0n) is 15.5.